The third-order valence-corrected chi connectivity index (χ3v) is 7.80. The van der Waals surface area contributed by atoms with Crippen molar-refractivity contribution in [1.82, 2.24) is 0 Å². The Labute approximate surface area is 151 Å². The maximum atomic E-state index is 5.78. The van der Waals surface area contributed by atoms with E-state index >= 15 is 0 Å². The number of alkyl halides is 2. The zero-order valence-corrected chi connectivity index (χ0v) is 16.3. The third-order valence-electron chi connectivity index (χ3n) is 3.02. The molecule has 2 atom stereocenters. The maximum Gasteiger partial charge on any atom is 0.0586 e. The van der Waals surface area contributed by atoms with Crippen LogP contribution >= 0.6 is 58.5 Å². The van der Waals surface area contributed by atoms with Crippen LogP contribution in [-0.2, 0) is 0 Å². The highest BCUT2D eigenvalue weighted by Gasteiger charge is 2.29. The minimum atomic E-state index is -0.0497. The van der Waals surface area contributed by atoms with Crippen LogP contribution in [-0.4, -0.2) is 33.3 Å². The molecule has 0 aliphatic heterocycles. The summed E-state index contributed by atoms with van der Waals surface area (Å²) in [7, 11) is 0. The van der Waals surface area contributed by atoms with Crippen molar-refractivity contribution in [3.8, 4) is 0 Å². The third kappa shape index (κ3) is 6.59. The number of rotatable bonds is 10. The molecular weight excluding hydrogens is 359 g/mol. The topological polar surface area (TPSA) is 0 Å². The smallest absolute Gasteiger partial charge is 0.0586 e. The molecule has 0 saturated heterocycles. The molecule has 21 heavy (non-hydrogen) atoms. The molecule has 0 aromatic heterocycles. The first-order valence-corrected chi connectivity index (χ1v) is 10.6. The van der Waals surface area contributed by atoms with Crippen molar-refractivity contribution in [2.75, 3.05) is 23.3 Å². The summed E-state index contributed by atoms with van der Waals surface area (Å²) in [6, 6.07) is 10.6. The fraction of sp³-hybridized carbons (Fsp3) is 0.500. The van der Waals surface area contributed by atoms with E-state index in [0.717, 1.165) is 21.3 Å². The van der Waals surface area contributed by atoms with Gasteiger partial charge >= 0.3 is 0 Å². The van der Waals surface area contributed by atoms with Gasteiger partial charge in [0.15, 0.2) is 0 Å². The van der Waals surface area contributed by atoms with Gasteiger partial charge in [-0.25, -0.2) is 0 Å². The van der Waals surface area contributed by atoms with E-state index in [0.29, 0.717) is 17.0 Å². The van der Waals surface area contributed by atoms with Crippen LogP contribution in [0.3, 0.4) is 0 Å². The molecule has 0 fully saturated rings. The minimum absolute atomic E-state index is 0.0497. The lowest BCUT2D eigenvalue weighted by atomic mass is 10.1. The summed E-state index contributed by atoms with van der Waals surface area (Å²) in [6.07, 6.45) is 2.02. The van der Waals surface area contributed by atoms with Gasteiger partial charge in [0.2, 0.25) is 0 Å². The molecule has 0 spiro atoms. The number of hydrogen-bond donors (Lipinski definition) is 0. The fourth-order valence-electron chi connectivity index (χ4n) is 1.56. The van der Waals surface area contributed by atoms with Crippen LogP contribution in [0.1, 0.15) is 13.8 Å². The second-order valence-corrected chi connectivity index (χ2v) is 9.41. The van der Waals surface area contributed by atoms with E-state index in [1.807, 2.05) is 17.8 Å². The Morgan fingerprint density at radius 3 is 2.38 bits per heavy atom. The summed E-state index contributed by atoms with van der Waals surface area (Å²) in [4.78, 5) is 2.18. The lowest BCUT2D eigenvalue weighted by Gasteiger charge is -2.31. The van der Waals surface area contributed by atoms with Crippen molar-refractivity contribution >= 4 is 58.5 Å². The second-order valence-electron chi connectivity index (χ2n) is 4.54. The van der Waals surface area contributed by atoms with Gasteiger partial charge in [-0.05, 0) is 19.1 Å². The van der Waals surface area contributed by atoms with Crippen molar-refractivity contribution in [3.63, 3.8) is 0 Å². The second kappa shape index (κ2) is 10.2. The molecule has 0 aliphatic carbocycles. The molecule has 1 unspecified atom stereocenters. The van der Waals surface area contributed by atoms with E-state index in [-0.39, 0.29) is 4.75 Å². The lowest BCUT2D eigenvalue weighted by molar-refractivity contribution is 0.775. The molecule has 0 heterocycles. The van der Waals surface area contributed by atoms with E-state index in [4.69, 9.17) is 23.2 Å². The first-order valence-electron chi connectivity index (χ1n) is 6.68. The minimum Gasteiger partial charge on any atom is -0.156 e. The van der Waals surface area contributed by atoms with Crippen LogP contribution in [0.5, 0.6) is 0 Å². The van der Waals surface area contributed by atoms with Crippen molar-refractivity contribution in [2.24, 2.45) is 0 Å². The van der Waals surface area contributed by atoms with Gasteiger partial charge in [-0.15, -0.1) is 53.3 Å². The molecule has 0 radical (unpaired) electrons. The molecule has 0 amide bonds. The van der Waals surface area contributed by atoms with Gasteiger partial charge in [-0.2, -0.15) is 11.8 Å². The summed E-state index contributed by atoms with van der Waals surface area (Å²) in [5.41, 5.74) is 0. The summed E-state index contributed by atoms with van der Waals surface area (Å²) in [6.45, 7) is 8.44. The lowest BCUT2D eigenvalue weighted by Crippen LogP contribution is -2.29. The van der Waals surface area contributed by atoms with Crippen molar-refractivity contribution in [2.45, 2.75) is 33.6 Å². The van der Waals surface area contributed by atoms with E-state index in [9.17, 15) is 0 Å². The Bertz CT molecular complexity index is 422. The Morgan fingerprint density at radius 1 is 1.24 bits per heavy atom. The average Bonchev–Trinajstić information content (AvgIpc) is 2.51. The van der Waals surface area contributed by atoms with E-state index < -0.39 is 0 Å². The summed E-state index contributed by atoms with van der Waals surface area (Å²) in [5, 5.41) is 0.428. The highest BCUT2D eigenvalue weighted by Crippen LogP contribution is 2.40. The summed E-state index contributed by atoms with van der Waals surface area (Å²) in [5.74, 6) is 3.18. The van der Waals surface area contributed by atoms with Crippen LogP contribution < -0.4 is 0 Å². The van der Waals surface area contributed by atoms with Crippen LogP contribution in [0.2, 0.25) is 0 Å². The molecular formula is C16H20Cl2S3. The normalized spacial score (nSPS) is 15.0. The Hall–Kier alpha value is 0.410. The molecule has 0 saturated carbocycles. The van der Waals surface area contributed by atoms with Gasteiger partial charge in [-0.1, -0.05) is 25.1 Å². The molecule has 0 bridgehead atoms. The molecule has 1 rings (SSSR count). The SMILES string of the molecule is C=CC(C)(Sc1c#cc(SCCCl)cc1)[C@@H](C)SCCCl. The molecule has 5 heteroatoms. The van der Waals surface area contributed by atoms with Gasteiger partial charge in [0.1, 0.15) is 0 Å². The van der Waals surface area contributed by atoms with Crippen molar-refractivity contribution in [1.29, 1.82) is 0 Å². The van der Waals surface area contributed by atoms with Gasteiger partial charge in [-0.3, -0.25) is 0 Å². The number of thioether (sulfide) groups is 3. The summed E-state index contributed by atoms with van der Waals surface area (Å²) < 4.78 is -0.0497. The van der Waals surface area contributed by atoms with Crippen LogP contribution in [0, 0.1) is 12.1 Å². The largest absolute Gasteiger partial charge is 0.156 e. The van der Waals surface area contributed by atoms with Gasteiger partial charge in [0.25, 0.3) is 0 Å². The zero-order chi connectivity index (χ0) is 15.7. The molecule has 0 nitrogen and oxygen atoms in total. The van der Waals surface area contributed by atoms with Crippen LogP contribution in [0.4, 0.5) is 0 Å². The maximum absolute atomic E-state index is 5.78. The van der Waals surface area contributed by atoms with E-state index in [1.54, 1.807) is 23.5 Å². The highest BCUT2D eigenvalue weighted by atomic mass is 35.5. The molecule has 1 aromatic carbocycles. The quantitative estimate of drug-likeness (QED) is 0.277. The van der Waals surface area contributed by atoms with E-state index in [1.165, 1.54) is 0 Å². The Kier molecular flexibility index (Phi) is 9.48. The van der Waals surface area contributed by atoms with E-state index in [2.05, 4.69) is 44.7 Å². The van der Waals surface area contributed by atoms with Crippen LogP contribution in [0.25, 0.3) is 0 Å². The number of halogens is 2. The predicted molar refractivity (Wildman–Crippen MR) is 103 cm³/mol. The molecule has 1 aromatic rings. The fourth-order valence-corrected chi connectivity index (χ4v) is 4.83. The monoisotopic (exact) mass is 378 g/mol. The Balaban J connectivity index is 2.69. The first kappa shape index (κ1) is 19.5. The first-order chi connectivity index (χ1) is 10.1. The average molecular weight is 379 g/mol. The van der Waals surface area contributed by atoms with Gasteiger partial charge in [0, 0.05) is 33.3 Å². The standard InChI is InChI=1S/C16H20Cl2S3/c1-4-16(3,13(2)19-11-9-17)21-15-7-5-14(6-8-15)20-12-10-18/h4-5,7,13H,1,9-12H2,2-3H3/t13-,16?/m1/s1. The highest BCUT2D eigenvalue weighted by molar-refractivity contribution is 8.04. The van der Waals surface area contributed by atoms with Crippen LogP contribution in [0.15, 0.2) is 34.6 Å². The van der Waals surface area contributed by atoms with Crippen molar-refractivity contribution in [3.05, 3.63) is 36.9 Å². The molecule has 0 N–H and O–H groups in total. The molecule has 116 valence electrons. The predicted octanol–water partition coefficient (Wildman–Crippen LogP) is 6.02. The number of hydrogen-bond acceptors (Lipinski definition) is 3. The zero-order valence-electron chi connectivity index (χ0n) is 12.3. The van der Waals surface area contributed by atoms with Crippen molar-refractivity contribution < 1.29 is 0 Å². The van der Waals surface area contributed by atoms with Gasteiger partial charge in [0.05, 0.1) is 9.79 Å². The Morgan fingerprint density at radius 2 is 1.86 bits per heavy atom. The van der Waals surface area contributed by atoms with Gasteiger partial charge < -0.3 is 0 Å². The summed E-state index contributed by atoms with van der Waals surface area (Å²) >= 11 is 16.8. The molecule has 0 aliphatic rings.